The summed E-state index contributed by atoms with van der Waals surface area (Å²) in [4.78, 5) is 0. The second-order valence-electron chi connectivity index (χ2n) is 13.5. The zero-order valence-corrected chi connectivity index (χ0v) is 31.2. The Morgan fingerprint density at radius 1 is 0.622 bits per heavy atom. The Bertz CT molecular complexity index is 1080. The van der Waals surface area contributed by atoms with Crippen molar-refractivity contribution >= 4 is 26.5 Å². The van der Waals surface area contributed by atoms with Gasteiger partial charge in [0.05, 0.1) is 11.1 Å². The van der Waals surface area contributed by atoms with Crippen LogP contribution < -0.4 is 10.6 Å². The van der Waals surface area contributed by atoms with Gasteiger partial charge in [0.1, 0.15) is 0 Å². The summed E-state index contributed by atoms with van der Waals surface area (Å²) in [5.41, 5.74) is -0.803. The van der Waals surface area contributed by atoms with Crippen LogP contribution in [0.5, 0.6) is 0 Å². The van der Waals surface area contributed by atoms with Crippen molar-refractivity contribution in [2.75, 3.05) is 0 Å². The van der Waals surface area contributed by atoms with E-state index in [1.807, 2.05) is 0 Å². The summed E-state index contributed by atoms with van der Waals surface area (Å²) in [5, 5.41) is 1.82. The third kappa shape index (κ3) is 12.0. The fraction of sp³-hybridized carbons (Fsp3) is 0.556. The first-order chi connectivity index (χ1) is 19.3. The molecular formula is C36H52F6FeP2. The summed E-state index contributed by atoms with van der Waals surface area (Å²) in [5.74, 6) is 0.361. The van der Waals surface area contributed by atoms with Crippen LogP contribution in [0, 0.1) is 20.8 Å². The van der Waals surface area contributed by atoms with Gasteiger partial charge in [0.15, 0.2) is 0 Å². The molecule has 3 atom stereocenters. The normalized spacial score (nSPS) is 19.3. The van der Waals surface area contributed by atoms with E-state index in [2.05, 4.69) is 60.6 Å². The summed E-state index contributed by atoms with van der Waals surface area (Å²) in [6.07, 6.45) is 2.62. The van der Waals surface area contributed by atoms with Gasteiger partial charge in [-0.2, -0.15) is 26.3 Å². The van der Waals surface area contributed by atoms with Crippen LogP contribution in [0.1, 0.15) is 98.1 Å². The van der Waals surface area contributed by atoms with E-state index in [1.54, 1.807) is 24.3 Å². The largest absolute Gasteiger partial charge is 2.00 e. The van der Waals surface area contributed by atoms with Gasteiger partial charge in [-0.1, -0.05) is 99.2 Å². The van der Waals surface area contributed by atoms with Crippen LogP contribution in [-0.2, 0) is 29.4 Å². The third-order valence-corrected chi connectivity index (χ3v) is 15.3. The Balaban J connectivity index is 0.00000220. The van der Waals surface area contributed by atoms with Gasteiger partial charge >= 0.3 is 29.4 Å². The van der Waals surface area contributed by atoms with Crippen molar-refractivity contribution < 1.29 is 43.4 Å². The second kappa shape index (κ2) is 17.5. The molecule has 2 aromatic carbocycles. The number of rotatable bonds is 5. The molecule has 0 saturated heterocycles. The average molecular weight is 717 g/mol. The van der Waals surface area contributed by atoms with E-state index in [4.69, 9.17) is 0 Å². The number of benzene rings is 2. The minimum Gasteiger partial charge on any atom is -0.358 e. The van der Waals surface area contributed by atoms with E-state index in [9.17, 15) is 26.3 Å². The van der Waals surface area contributed by atoms with Gasteiger partial charge in [-0.3, -0.25) is 0 Å². The van der Waals surface area contributed by atoms with Crippen LogP contribution >= 0.6 is 15.8 Å². The van der Waals surface area contributed by atoms with Gasteiger partial charge in [-0.15, -0.1) is 0 Å². The van der Waals surface area contributed by atoms with E-state index in [-0.39, 0.29) is 47.9 Å². The number of hydrogen-bond acceptors (Lipinski definition) is 0. The molecule has 9 heteroatoms. The van der Waals surface area contributed by atoms with E-state index in [1.165, 1.54) is 19.3 Å². The zero-order chi connectivity index (χ0) is 31.5. The summed E-state index contributed by atoms with van der Waals surface area (Å²) in [6.45, 7) is 16.1. The van der Waals surface area contributed by atoms with Crippen molar-refractivity contribution in [3.63, 3.8) is 0 Å². The topological polar surface area (TPSA) is 0 Å². The molecule has 0 radical (unpaired) electrons. The number of alkyl halides is 6. The fourth-order valence-corrected chi connectivity index (χ4v) is 15.6. The van der Waals surface area contributed by atoms with Gasteiger partial charge in [-0.25, -0.2) is 0 Å². The van der Waals surface area contributed by atoms with Crippen molar-refractivity contribution in [3.8, 4) is 0 Å². The molecular weight excluding hydrogens is 664 g/mol. The summed E-state index contributed by atoms with van der Waals surface area (Å²) < 4.78 is 79.7. The van der Waals surface area contributed by atoms with Crippen molar-refractivity contribution in [2.24, 2.45) is 5.92 Å². The Morgan fingerprint density at radius 3 is 1.29 bits per heavy atom. The van der Waals surface area contributed by atoms with Gasteiger partial charge in [0.25, 0.3) is 0 Å². The number of hydrogen-bond donors (Lipinski definition) is 0. The molecule has 45 heavy (non-hydrogen) atoms. The Labute approximate surface area is 282 Å². The first kappa shape index (κ1) is 44.1. The maximum Gasteiger partial charge on any atom is 2.00 e. The molecule has 2 aromatic rings. The first-order valence-electron chi connectivity index (χ1n) is 14.9. The molecule has 1 fully saturated rings. The summed E-state index contributed by atoms with van der Waals surface area (Å²) >= 11 is 0. The molecule has 0 amide bonds. The summed E-state index contributed by atoms with van der Waals surface area (Å²) in [6, 6.07) is 10.6. The molecule has 256 valence electrons. The first-order valence-corrected chi connectivity index (χ1v) is 17.7. The van der Waals surface area contributed by atoms with Gasteiger partial charge < -0.3 is 14.9 Å². The van der Waals surface area contributed by atoms with Crippen molar-refractivity contribution in [1.82, 2.24) is 0 Å². The molecule has 1 saturated carbocycles. The smallest absolute Gasteiger partial charge is 0.358 e. The average Bonchev–Trinajstić information content (AvgIpc) is 3.58. The maximum atomic E-state index is 13.3. The minimum absolute atomic E-state index is 0. The van der Waals surface area contributed by atoms with Crippen LogP contribution in [0.15, 0.2) is 60.7 Å². The van der Waals surface area contributed by atoms with Crippen LogP contribution in [0.4, 0.5) is 26.3 Å². The molecule has 2 unspecified atom stereocenters. The Morgan fingerprint density at radius 2 is 1.00 bits per heavy atom. The van der Waals surface area contributed by atoms with Crippen molar-refractivity contribution in [1.29, 1.82) is 0 Å². The molecule has 0 nitrogen and oxygen atoms in total. The molecule has 0 spiro atoms. The number of halogens is 6. The van der Waals surface area contributed by atoms with Crippen molar-refractivity contribution in [2.45, 2.75) is 121 Å². The molecule has 0 heterocycles. The molecule has 4 rings (SSSR count). The number of allylic oxidation sites excluding steroid dienone is 2. The zero-order valence-electron chi connectivity index (χ0n) is 28.3. The monoisotopic (exact) mass is 716 g/mol. The van der Waals surface area contributed by atoms with Gasteiger partial charge in [0, 0.05) is 0 Å². The predicted octanol–water partition coefficient (Wildman–Crippen LogP) is 12.4. The molecule has 0 aromatic heterocycles. The van der Waals surface area contributed by atoms with E-state index in [0.29, 0.717) is 11.6 Å². The van der Waals surface area contributed by atoms with Gasteiger partial charge in [0.2, 0.25) is 0 Å². The predicted molar refractivity (Wildman–Crippen MR) is 182 cm³/mol. The fourth-order valence-electron chi connectivity index (χ4n) is 7.02. The third-order valence-electron chi connectivity index (χ3n) is 8.19. The van der Waals surface area contributed by atoms with Crippen LogP contribution in [0.25, 0.3) is 0 Å². The molecule has 0 bridgehead atoms. The van der Waals surface area contributed by atoms with E-state index >= 15 is 0 Å². The van der Waals surface area contributed by atoms with Crippen molar-refractivity contribution in [3.05, 3.63) is 86.7 Å². The van der Waals surface area contributed by atoms with Crippen LogP contribution in [0.2, 0.25) is 0 Å². The molecule has 2 aliphatic carbocycles. The Kier molecular flexibility index (Phi) is 17.2. The van der Waals surface area contributed by atoms with Crippen LogP contribution in [-0.4, -0.2) is 21.6 Å². The maximum absolute atomic E-state index is 13.3. The van der Waals surface area contributed by atoms with E-state index < -0.39 is 39.3 Å². The van der Waals surface area contributed by atoms with Crippen LogP contribution in [0.3, 0.4) is 0 Å². The molecule has 2 aliphatic rings. The SMILES string of the molecule is C1=CCCC1.C[C@H](C1CCCC1P(c1ccc(C(F)(F)F)cc1)c1ccc(C(F)(F)F)cc1)P(C(C)(C)C)C(C)(C)C.[CH3-].[CH3-].[Fe+2]. The quantitative estimate of drug-likeness (QED) is 0.0950. The second-order valence-corrected chi connectivity index (χ2v) is 20.1. The van der Waals surface area contributed by atoms with E-state index in [0.717, 1.165) is 54.1 Å². The standard InChI is InChI=1S/C29H38F6P2.C5H8.2CH3.Fe/c1-19(37(26(2,3)4)27(5,6)7)24-9-8-10-25(24)36(22-15-11-20(12-16-22)28(30,31)32)23-17-13-21(14-18-23)29(33,34)35;1-2-4-5-3-1;;;/h11-19,24-25H,8-10H2,1-7H3;1-2H,3-5H2;2*1H3;/q;;2*-1;+2/t19-,24?,25?;;;;/m1..../s1. The van der Waals surface area contributed by atoms with Gasteiger partial charge in [-0.05, 0) is 102 Å². The molecule has 0 N–H and O–H groups in total. The minimum atomic E-state index is -4.44. The Hall–Kier alpha value is -0.861. The molecule has 0 aliphatic heterocycles. The summed E-state index contributed by atoms with van der Waals surface area (Å²) in [7, 11) is -1.57.